The Kier molecular flexibility index (Phi) is 4.08. The molecule has 0 unspecified atom stereocenters. The third-order valence-corrected chi connectivity index (χ3v) is 3.40. The maximum atomic E-state index is 12.6. The highest BCUT2D eigenvalue weighted by molar-refractivity contribution is 6.06. The largest absolute Gasteiger partial charge is 0.480 e. The van der Waals surface area contributed by atoms with Crippen molar-refractivity contribution in [2.45, 2.75) is 26.3 Å². The molecule has 1 aromatic carbocycles. The smallest absolute Gasteiger partial charge is 0.323 e. The second-order valence-corrected chi connectivity index (χ2v) is 4.73. The molecule has 0 aliphatic carbocycles. The second-order valence-electron chi connectivity index (χ2n) is 4.73. The first-order chi connectivity index (χ1) is 9.54. The lowest BCUT2D eigenvalue weighted by Gasteiger charge is -2.26. The number of carbonyl (C=O) groups excluding carboxylic acids is 1. The summed E-state index contributed by atoms with van der Waals surface area (Å²) in [7, 11) is 0. The van der Waals surface area contributed by atoms with Crippen LogP contribution < -0.4 is 0 Å². The van der Waals surface area contributed by atoms with E-state index in [2.05, 4.69) is 0 Å². The average molecular weight is 275 g/mol. The molecule has 20 heavy (non-hydrogen) atoms. The predicted molar refractivity (Wildman–Crippen MR) is 74.6 cm³/mol. The normalized spacial score (nSPS) is 12.3. The SMILES string of the molecule is CC[C@@H](C)N(CC(=O)O)C(=O)c1coc2ccccc12. The third kappa shape index (κ3) is 2.66. The number of carbonyl (C=O) groups is 2. The summed E-state index contributed by atoms with van der Waals surface area (Å²) in [6.45, 7) is 3.44. The van der Waals surface area contributed by atoms with E-state index in [4.69, 9.17) is 9.52 Å². The van der Waals surface area contributed by atoms with Crippen molar-refractivity contribution >= 4 is 22.8 Å². The molecule has 5 heteroatoms. The molecular weight excluding hydrogens is 258 g/mol. The lowest BCUT2D eigenvalue weighted by Crippen LogP contribution is -2.41. The summed E-state index contributed by atoms with van der Waals surface area (Å²) < 4.78 is 5.34. The molecule has 0 saturated carbocycles. The van der Waals surface area contributed by atoms with E-state index in [-0.39, 0.29) is 18.5 Å². The summed E-state index contributed by atoms with van der Waals surface area (Å²) in [6.07, 6.45) is 2.08. The molecular formula is C15H17NO4. The molecule has 0 aliphatic heterocycles. The van der Waals surface area contributed by atoms with Gasteiger partial charge in [-0.15, -0.1) is 0 Å². The molecule has 1 atom stereocenters. The van der Waals surface area contributed by atoms with Crippen molar-refractivity contribution in [3.05, 3.63) is 36.1 Å². The number of rotatable bonds is 5. The predicted octanol–water partition coefficient (Wildman–Crippen LogP) is 2.76. The van der Waals surface area contributed by atoms with Gasteiger partial charge in [-0.25, -0.2) is 0 Å². The number of amides is 1. The standard InChI is InChI=1S/C15H17NO4/c1-3-10(2)16(8-14(17)18)15(19)12-9-20-13-7-5-4-6-11(12)13/h4-7,9-10H,3,8H2,1-2H3,(H,17,18)/t10-/m1/s1. The number of carboxylic acids is 1. The van der Waals surface area contributed by atoms with Gasteiger partial charge in [0.05, 0.1) is 5.56 Å². The highest BCUT2D eigenvalue weighted by atomic mass is 16.4. The van der Waals surface area contributed by atoms with Crippen molar-refractivity contribution in [2.24, 2.45) is 0 Å². The molecule has 0 radical (unpaired) electrons. The van der Waals surface area contributed by atoms with Crippen LogP contribution in [0, 0.1) is 0 Å². The van der Waals surface area contributed by atoms with E-state index in [1.165, 1.54) is 11.2 Å². The first kappa shape index (κ1) is 14.1. The van der Waals surface area contributed by atoms with Crippen molar-refractivity contribution < 1.29 is 19.1 Å². The number of hydrogen-bond donors (Lipinski definition) is 1. The minimum absolute atomic E-state index is 0.146. The Hall–Kier alpha value is -2.30. The Morgan fingerprint density at radius 3 is 2.70 bits per heavy atom. The third-order valence-electron chi connectivity index (χ3n) is 3.40. The number of aliphatic carboxylic acids is 1. The van der Waals surface area contributed by atoms with E-state index in [0.29, 0.717) is 23.0 Å². The Bertz CT molecular complexity index is 632. The monoisotopic (exact) mass is 275 g/mol. The Morgan fingerprint density at radius 1 is 1.35 bits per heavy atom. The van der Waals surface area contributed by atoms with Crippen LogP contribution in [0.5, 0.6) is 0 Å². The van der Waals surface area contributed by atoms with Gasteiger partial charge in [-0.1, -0.05) is 25.1 Å². The van der Waals surface area contributed by atoms with E-state index in [0.717, 1.165) is 0 Å². The first-order valence-corrected chi connectivity index (χ1v) is 6.53. The molecule has 5 nitrogen and oxygen atoms in total. The van der Waals surface area contributed by atoms with Crippen LogP contribution in [0.15, 0.2) is 34.9 Å². The van der Waals surface area contributed by atoms with Crippen LogP contribution in [0.25, 0.3) is 11.0 Å². The topological polar surface area (TPSA) is 70.8 Å². The van der Waals surface area contributed by atoms with Gasteiger partial charge in [0.1, 0.15) is 18.4 Å². The summed E-state index contributed by atoms with van der Waals surface area (Å²) in [5, 5.41) is 9.68. The zero-order valence-corrected chi connectivity index (χ0v) is 11.5. The van der Waals surface area contributed by atoms with Gasteiger partial charge < -0.3 is 14.4 Å². The zero-order chi connectivity index (χ0) is 14.7. The number of para-hydroxylation sites is 1. The van der Waals surface area contributed by atoms with Crippen molar-refractivity contribution in [2.75, 3.05) is 6.54 Å². The summed E-state index contributed by atoms with van der Waals surface area (Å²) in [5.41, 5.74) is 1.03. The van der Waals surface area contributed by atoms with Crippen LogP contribution in [0.2, 0.25) is 0 Å². The van der Waals surface area contributed by atoms with Gasteiger partial charge in [-0.3, -0.25) is 9.59 Å². The molecule has 0 fully saturated rings. The van der Waals surface area contributed by atoms with E-state index >= 15 is 0 Å². The van der Waals surface area contributed by atoms with E-state index < -0.39 is 5.97 Å². The number of furan rings is 1. The Labute approximate surface area is 116 Å². The Balaban J connectivity index is 2.38. The number of hydrogen-bond acceptors (Lipinski definition) is 3. The summed E-state index contributed by atoms with van der Waals surface area (Å²) in [4.78, 5) is 24.9. The molecule has 0 saturated heterocycles. The minimum Gasteiger partial charge on any atom is -0.480 e. The van der Waals surface area contributed by atoms with E-state index in [1.54, 1.807) is 12.1 Å². The van der Waals surface area contributed by atoms with Crippen LogP contribution in [0.4, 0.5) is 0 Å². The molecule has 2 rings (SSSR count). The maximum Gasteiger partial charge on any atom is 0.323 e. The van der Waals surface area contributed by atoms with Crippen LogP contribution in [-0.2, 0) is 4.79 Å². The van der Waals surface area contributed by atoms with Crippen molar-refractivity contribution in [1.82, 2.24) is 4.90 Å². The fourth-order valence-corrected chi connectivity index (χ4v) is 2.09. The lowest BCUT2D eigenvalue weighted by molar-refractivity contribution is -0.138. The first-order valence-electron chi connectivity index (χ1n) is 6.53. The fraction of sp³-hybridized carbons (Fsp3) is 0.333. The molecule has 1 N–H and O–H groups in total. The van der Waals surface area contributed by atoms with Gasteiger partial charge in [-0.05, 0) is 19.4 Å². The quantitative estimate of drug-likeness (QED) is 0.910. The van der Waals surface area contributed by atoms with Crippen molar-refractivity contribution in [3.63, 3.8) is 0 Å². The van der Waals surface area contributed by atoms with Crippen LogP contribution >= 0.6 is 0 Å². The number of carboxylic acid groups (broad SMARTS) is 1. The average Bonchev–Trinajstić information content (AvgIpc) is 2.87. The highest BCUT2D eigenvalue weighted by Gasteiger charge is 2.25. The van der Waals surface area contributed by atoms with Gasteiger partial charge in [-0.2, -0.15) is 0 Å². The van der Waals surface area contributed by atoms with Crippen LogP contribution in [0.3, 0.4) is 0 Å². The number of fused-ring (bicyclic) bond motifs is 1. The zero-order valence-electron chi connectivity index (χ0n) is 11.5. The number of nitrogens with zero attached hydrogens (tertiary/aromatic N) is 1. The van der Waals surface area contributed by atoms with Gasteiger partial charge >= 0.3 is 5.97 Å². The number of benzene rings is 1. The molecule has 1 heterocycles. The van der Waals surface area contributed by atoms with E-state index in [9.17, 15) is 9.59 Å². The second kappa shape index (κ2) is 5.77. The molecule has 0 spiro atoms. The lowest BCUT2D eigenvalue weighted by atomic mass is 10.1. The van der Waals surface area contributed by atoms with Gasteiger partial charge in [0.15, 0.2) is 0 Å². The van der Waals surface area contributed by atoms with Crippen molar-refractivity contribution in [1.29, 1.82) is 0 Å². The summed E-state index contributed by atoms with van der Waals surface area (Å²) in [5.74, 6) is -1.34. The molecule has 1 aromatic heterocycles. The van der Waals surface area contributed by atoms with Gasteiger partial charge in [0, 0.05) is 11.4 Å². The maximum absolute atomic E-state index is 12.6. The Morgan fingerprint density at radius 2 is 2.05 bits per heavy atom. The molecule has 0 bridgehead atoms. The van der Waals surface area contributed by atoms with Crippen LogP contribution in [-0.4, -0.2) is 34.5 Å². The molecule has 106 valence electrons. The summed E-state index contributed by atoms with van der Waals surface area (Å²) in [6, 6.07) is 7.06. The summed E-state index contributed by atoms with van der Waals surface area (Å²) >= 11 is 0. The van der Waals surface area contributed by atoms with E-state index in [1.807, 2.05) is 26.0 Å². The fourth-order valence-electron chi connectivity index (χ4n) is 2.09. The molecule has 2 aromatic rings. The van der Waals surface area contributed by atoms with Gasteiger partial charge in [0.25, 0.3) is 5.91 Å². The molecule has 1 amide bonds. The highest BCUT2D eigenvalue weighted by Crippen LogP contribution is 2.23. The van der Waals surface area contributed by atoms with Crippen LogP contribution in [0.1, 0.15) is 30.6 Å². The van der Waals surface area contributed by atoms with Gasteiger partial charge in [0.2, 0.25) is 0 Å². The molecule has 0 aliphatic rings. The van der Waals surface area contributed by atoms with Crippen molar-refractivity contribution in [3.8, 4) is 0 Å². The minimum atomic E-state index is -1.02.